The molecule has 1 aliphatic carbocycles. The van der Waals surface area contributed by atoms with Crippen LogP contribution in [0.3, 0.4) is 0 Å². The fourth-order valence-corrected chi connectivity index (χ4v) is 4.92. The number of hydrogen-bond donors (Lipinski definition) is 1. The molecular weight excluding hydrogens is 320 g/mol. The summed E-state index contributed by atoms with van der Waals surface area (Å²) in [5.41, 5.74) is 2.15. The van der Waals surface area contributed by atoms with Gasteiger partial charge in [0.2, 0.25) is 0 Å². The summed E-state index contributed by atoms with van der Waals surface area (Å²) >= 11 is 1.88. The molecule has 1 fully saturated rings. The molecule has 24 heavy (non-hydrogen) atoms. The molecule has 0 amide bonds. The first-order valence-electron chi connectivity index (χ1n) is 8.54. The predicted octanol–water partition coefficient (Wildman–Crippen LogP) is 1.40. The monoisotopic (exact) mass is 339 g/mol. The summed E-state index contributed by atoms with van der Waals surface area (Å²) in [4.78, 5) is 15.7. The molecule has 1 aromatic carbocycles. The minimum absolute atomic E-state index is 0.0289. The Morgan fingerprint density at radius 3 is 3.00 bits per heavy atom. The highest BCUT2D eigenvalue weighted by Gasteiger charge is 2.43. The first kappa shape index (κ1) is 14.3. The van der Waals surface area contributed by atoms with Gasteiger partial charge in [-0.05, 0) is 36.4 Å². The maximum Gasteiger partial charge on any atom is 0.282 e. The van der Waals surface area contributed by atoms with Crippen molar-refractivity contribution in [1.82, 2.24) is 15.0 Å². The quantitative estimate of drug-likeness (QED) is 0.785. The van der Waals surface area contributed by atoms with E-state index in [1.54, 1.807) is 4.68 Å². The fraction of sp³-hybridized carbons (Fsp3) is 0.389. The van der Waals surface area contributed by atoms with E-state index >= 15 is 0 Å². The molecule has 122 valence electrons. The van der Waals surface area contributed by atoms with E-state index < -0.39 is 0 Å². The van der Waals surface area contributed by atoms with E-state index in [2.05, 4.69) is 21.8 Å². The number of benzene rings is 1. The summed E-state index contributed by atoms with van der Waals surface area (Å²) < 4.78 is 1.56. The number of hydrogen-bond acceptors (Lipinski definition) is 4. The minimum atomic E-state index is -0.0289. The lowest BCUT2D eigenvalue weighted by atomic mass is 9.96. The molecule has 1 aliphatic heterocycles. The summed E-state index contributed by atoms with van der Waals surface area (Å²) in [5.74, 6) is 0.762. The smallest absolute Gasteiger partial charge is 0.282 e. The van der Waals surface area contributed by atoms with Gasteiger partial charge in [-0.2, -0.15) is 4.68 Å². The van der Waals surface area contributed by atoms with Gasteiger partial charge in [-0.15, -0.1) is 16.4 Å². The highest BCUT2D eigenvalue weighted by atomic mass is 32.1. The standard InChI is InChI=1S/C18H18N4OS/c23-18-13-3-1-2-4-15(13)19-20-22(18)11-21-9-7-16-14(8-10-24-16)17(21)12-5-6-12/h1-4,8,10,12,17H,5-7,9,11H2/p+1/t17-/m0/s1. The van der Waals surface area contributed by atoms with E-state index in [-0.39, 0.29) is 5.56 Å². The molecule has 1 unspecified atom stereocenters. The van der Waals surface area contributed by atoms with Gasteiger partial charge in [-0.3, -0.25) is 4.79 Å². The van der Waals surface area contributed by atoms with Crippen LogP contribution in [0.15, 0.2) is 40.5 Å². The van der Waals surface area contributed by atoms with Crippen molar-refractivity contribution in [3.8, 4) is 0 Å². The Balaban J connectivity index is 1.51. The van der Waals surface area contributed by atoms with Crippen molar-refractivity contribution in [2.45, 2.75) is 32.0 Å². The Morgan fingerprint density at radius 2 is 2.12 bits per heavy atom. The largest absolute Gasteiger partial charge is 0.309 e. The summed E-state index contributed by atoms with van der Waals surface area (Å²) in [6.45, 7) is 1.67. The first-order valence-corrected chi connectivity index (χ1v) is 9.42. The van der Waals surface area contributed by atoms with E-state index in [1.807, 2.05) is 35.6 Å². The van der Waals surface area contributed by atoms with Gasteiger partial charge in [0.15, 0.2) is 6.67 Å². The van der Waals surface area contributed by atoms with E-state index in [0.717, 1.165) is 18.9 Å². The molecule has 3 aromatic rings. The zero-order chi connectivity index (χ0) is 16.1. The zero-order valence-corrected chi connectivity index (χ0v) is 14.1. The number of rotatable bonds is 3. The topological polar surface area (TPSA) is 52.2 Å². The van der Waals surface area contributed by atoms with Crippen LogP contribution >= 0.6 is 11.3 Å². The lowest BCUT2D eigenvalue weighted by molar-refractivity contribution is -0.958. The van der Waals surface area contributed by atoms with Crippen molar-refractivity contribution >= 4 is 22.2 Å². The summed E-state index contributed by atoms with van der Waals surface area (Å²) in [6, 6.07) is 10.2. The normalized spacial score (nSPS) is 23.3. The number of nitrogens with zero attached hydrogens (tertiary/aromatic N) is 3. The van der Waals surface area contributed by atoms with Crippen LogP contribution in [0.25, 0.3) is 10.9 Å². The van der Waals surface area contributed by atoms with Gasteiger partial charge >= 0.3 is 0 Å². The van der Waals surface area contributed by atoms with Crippen LogP contribution < -0.4 is 10.5 Å². The summed E-state index contributed by atoms with van der Waals surface area (Å²) in [5, 5.41) is 11.3. The van der Waals surface area contributed by atoms with Crippen LogP contribution in [-0.2, 0) is 13.1 Å². The predicted molar refractivity (Wildman–Crippen MR) is 93.1 cm³/mol. The van der Waals surface area contributed by atoms with Crippen molar-refractivity contribution in [2.24, 2.45) is 5.92 Å². The minimum Gasteiger partial charge on any atom is -0.309 e. The number of thiophene rings is 1. The molecule has 0 radical (unpaired) electrons. The van der Waals surface area contributed by atoms with Crippen LogP contribution in [-0.4, -0.2) is 21.5 Å². The van der Waals surface area contributed by atoms with Gasteiger partial charge in [-0.25, -0.2) is 0 Å². The molecule has 0 saturated heterocycles. The molecule has 1 saturated carbocycles. The van der Waals surface area contributed by atoms with E-state index in [1.165, 1.54) is 28.2 Å². The van der Waals surface area contributed by atoms with Crippen LogP contribution in [0, 0.1) is 5.92 Å². The summed E-state index contributed by atoms with van der Waals surface area (Å²) in [7, 11) is 0. The second kappa shape index (κ2) is 5.50. The molecule has 2 aliphatic rings. The van der Waals surface area contributed by atoms with Gasteiger partial charge < -0.3 is 4.90 Å². The van der Waals surface area contributed by atoms with Gasteiger partial charge in [0.25, 0.3) is 5.56 Å². The van der Waals surface area contributed by atoms with E-state index in [4.69, 9.17) is 0 Å². The molecule has 5 rings (SSSR count). The Bertz CT molecular complexity index is 959. The zero-order valence-electron chi connectivity index (χ0n) is 13.3. The average Bonchev–Trinajstić information content (AvgIpc) is 3.33. The molecule has 3 heterocycles. The number of fused-ring (bicyclic) bond motifs is 2. The SMILES string of the molecule is O=c1c2ccccc2nnn1C[NH+]1CCc2sccc2[C@@H]1C1CC1. The maximum absolute atomic E-state index is 12.7. The lowest BCUT2D eigenvalue weighted by Gasteiger charge is -2.32. The Kier molecular flexibility index (Phi) is 3.28. The third-order valence-electron chi connectivity index (χ3n) is 5.30. The van der Waals surface area contributed by atoms with Crippen LogP contribution in [0.1, 0.15) is 29.3 Å². The molecular formula is C18H19N4OS+. The third-order valence-corrected chi connectivity index (χ3v) is 6.30. The molecule has 0 bridgehead atoms. The molecule has 2 atom stereocenters. The number of nitrogens with one attached hydrogen (secondary N) is 1. The van der Waals surface area contributed by atoms with Crippen molar-refractivity contribution in [2.75, 3.05) is 6.54 Å². The maximum atomic E-state index is 12.7. The van der Waals surface area contributed by atoms with Crippen molar-refractivity contribution in [3.05, 3.63) is 56.5 Å². The Hall–Kier alpha value is -2.05. The fourth-order valence-electron chi connectivity index (χ4n) is 3.99. The molecule has 0 spiro atoms. The summed E-state index contributed by atoms with van der Waals surface area (Å²) in [6.07, 6.45) is 3.71. The highest BCUT2D eigenvalue weighted by Crippen LogP contribution is 2.42. The number of quaternary nitrogens is 1. The molecule has 1 N–H and O–H groups in total. The van der Waals surface area contributed by atoms with Crippen molar-refractivity contribution < 1.29 is 4.90 Å². The van der Waals surface area contributed by atoms with E-state index in [9.17, 15) is 4.79 Å². The second-order valence-corrected chi connectivity index (χ2v) is 7.84. The molecule has 2 aromatic heterocycles. The van der Waals surface area contributed by atoms with Gasteiger partial charge in [0, 0.05) is 22.8 Å². The average molecular weight is 339 g/mol. The van der Waals surface area contributed by atoms with Crippen LogP contribution in [0.5, 0.6) is 0 Å². The van der Waals surface area contributed by atoms with Gasteiger partial charge in [-0.1, -0.05) is 17.3 Å². The first-order chi connectivity index (χ1) is 11.8. The third kappa shape index (κ3) is 2.29. The highest BCUT2D eigenvalue weighted by molar-refractivity contribution is 7.10. The van der Waals surface area contributed by atoms with Gasteiger partial charge in [0.1, 0.15) is 11.6 Å². The van der Waals surface area contributed by atoms with Crippen LogP contribution in [0.2, 0.25) is 0 Å². The molecule has 5 nitrogen and oxygen atoms in total. The Labute approximate surface area is 143 Å². The lowest BCUT2D eigenvalue weighted by Crippen LogP contribution is -3.13. The molecule has 6 heteroatoms. The van der Waals surface area contributed by atoms with Crippen molar-refractivity contribution in [1.29, 1.82) is 0 Å². The van der Waals surface area contributed by atoms with Crippen molar-refractivity contribution in [3.63, 3.8) is 0 Å². The van der Waals surface area contributed by atoms with Gasteiger partial charge in [0.05, 0.1) is 11.9 Å². The number of aromatic nitrogens is 3. The van der Waals surface area contributed by atoms with Crippen LogP contribution in [0.4, 0.5) is 0 Å². The Morgan fingerprint density at radius 1 is 1.25 bits per heavy atom. The second-order valence-electron chi connectivity index (χ2n) is 6.84. The van der Waals surface area contributed by atoms with E-state index in [0.29, 0.717) is 23.6 Å².